The van der Waals surface area contributed by atoms with Gasteiger partial charge in [0.1, 0.15) is 5.82 Å². The van der Waals surface area contributed by atoms with Crippen LogP contribution in [0.4, 0.5) is 23.2 Å². The standard InChI is InChI=1S/C31H32F4N2O/c32-25-13-15-26(16-14-25)37(30(38)23-9-6-10-24(21-23)31(33,34)35)27-17-19-36(20-18-27)29-12-5-4-11-28(29)22-7-2-1-3-8-22/h1-3,6-10,13-16,21,27-29H,4-5,11-12,17-20H2/t28-,29-/m1/s1. The van der Waals surface area contributed by atoms with Gasteiger partial charge in [-0.15, -0.1) is 0 Å². The molecule has 7 heteroatoms. The number of nitrogens with zero attached hydrogens (tertiary/aromatic N) is 2. The molecular weight excluding hydrogens is 492 g/mol. The second kappa shape index (κ2) is 11.3. The minimum atomic E-state index is -4.54. The van der Waals surface area contributed by atoms with E-state index in [1.807, 2.05) is 6.07 Å². The van der Waals surface area contributed by atoms with E-state index in [1.54, 1.807) is 4.90 Å². The molecule has 1 aliphatic carbocycles. The molecule has 3 nitrogen and oxygen atoms in total. The molecule has 200 valence electrons. The summed E-state index contributed by atoms with van der Waals surface area (Å²) in [7, 11) is 0. The minimum absolute atomic E-state index is 0.0250. The zero-order valence-corrected chi connectivity index (χ0v) is 21.2. The van der Waals surface area contributed by atoms with Crippen LogP contribution in [0, 0.1) is 5.82 Å². The number of piperidine rings is 1. The first kappa shape index (κ1) is 26.4. The average Bonchev–Trinajstić information content (AvgIpc) is 2.95. The molecule has 2 fully saturated rings. The molecule has 5 rings (SSSR count). The van der Waals surface area contributed by atoms with Gasteiger partial charge in [-0.2, -0.15) is 13.2 Å². The smallest absolute Gasteiger partial charge is 0.305 e. The van der Waals surface area contributed by atoms with Crippen LogP contribution in [-0.2, 0) is 6.18 Å². The summed E-state index contributed by atoms with van der Waals surface area (Å²) in [4.78, 5) is 17.8. The Morgan fingerprint density at radius 2 is 1.50 bits per heavy atom. The van der Waals surface area contributed by atoms with Crippen molar-refractivity contribution in [2.45, 2.75) is 62.7 Å². The Morgan fingerprint density at radius 3 is 2.18 bits per heavy atom. The highest BCUT2D eigenvalue weighted by Crippen LogP contribution is 2.38. The van der Waals surface area contributed by atoms with Crippen molar-refractivity contribution in [2.75, 3.05) is 18.0 Å². The van der Waals surface area contributed by atoms with Crippen molar-refractivity contribution in [1.29, 1.82) is 0 Å². The van der Waals surface area contributed by atoms with E-state index in [-0.39, 0.29) is 11.6 Å². The van der Waals surface area contributed by atoms with Gasteiger partial charge in [-0.05, 0) is 79.6 Å². The quantitative estimate of drug-likeness (QED) is 0.320. The molecule has 38 heavy (non-hydrogen) atoms. The molecule has 0 aromatic heterocycles. The van der Waals surface area contributed by atoms with Gasteiger partial charge in [0.15, 0.2) is 0 Å². The summed E-state index contributed by atoms with van der Waals surface area (Å²) in [5.41, 5.74) is 0.976. The van der Waals surface area contributed by atoms with Gasteiger partial charge in [-0.25, -0.2) is 4.39 Å². The predicted octanol–water partition coefficient (Wildman–Crippen LogP) is 7.68. The number of carbonyl (C=O) groups excluding carboxylic acids is 1. The van der Waals surface area contributed by atoms with E-state index < -0.39 is 23.5 Å². The third-order valence-corrected chi connectivity index (χ3v) is 8.05. The van der Waals surface area contributed by atoms with Gasteiger partial charge in [-0.1, -0.05) is 49.2 Å². The predicted molar refractivity (Wildman–Crippen MR) is 141 cm³/mol. The minimum Gasteiger partial charge on any atom is -0.305 e. The highest BCUT2D eigenvalue weighted by Gasteiger charge is 2.37. The van der Waals surface area contributed by atoms with Crippen molar-refractivity contribution in [3.63, 3.8) is 0 Å². The summed E-state index contributed by atoms with van der Waals surface area (Å²) in [5.74, 6) is -0.457. The monoisotopic (exact) mass is 524 g/mol. The molecule has 2 atom stereocenters. The van der Waals surface area contributed by atoms with E-state index in [0.717, 1.165) is 38.1 Å². The van der Waals surface area contributed by atoms with E-state index in [0.29, 0.717) is 30.5 Å². The van der Waals surface area contributed by atoms with E-state index >= 15 is 0 Å². The topological polar surface area (TPSA) is 23.6 Å². The molecule has 3 aromatic carbocycles. The van der Waals surface area contributed by atoms with Gasteiger partial charge in [0.05, 0.1) is 5.56 Å². The fourth-order valence-corrected chi connectivity index (χ4v) is 6.18. The van der Waals surface area contributed by atoms with Gasteiger partial charge >= 0.3 is 6.18 Å². The summed E-state index contributed by atoms with van der Waals surface area (Å²) in [6, 6.07) is 21.0. The summed E-state index contributed by atoms with van der Waals surface area (Å²) < 4.78 is 53.8. The summed E-state index contributed by atoms with van der Waals surface area (Å²) in [6.07, 6.45) is 1.55. The Kier molecular flexibility index (Phi) is 7.84. The lowest BCUT2D eigenvalue weighted by atomic mass is 9.78. The SMILES string of the molecule is O=C(c1cccc(C(F)(F)F)c1)N(c1ccc(F)cc1)C1CCN([C@@H]2CCCC[C@@H]2c2ccccc2)CC1. The van der Waals surface area contributed by atoms with Crippen molar-refractivity contribution < 1.29 is 22.4 Å². The van der Waals surface area contributed by atoms with Crippen LogP contribution in [0.5, 0.6) is 0 Å². The Bertz CT molecular complexity index is 1220. The van der Waals surface area contributed by atoms with Gasteiger partial charge in [-0.3, -0.25) is 9.69 Å². The lowest BCUT2D eigenvalue weighted by molar-refractivity contribution is -0.137. The first-order valence-corrected chi connectivity index (χ1v) is 13.4. The lowest BCUT2D eigenvalue weighted by Gasteiger charge is -2.45. The first-order valence-electron chi connectivity index (χ1n) is 13.4. The number of rotatable bonds is 5. The van der Waals surface area contributed by atoms with Crippen LogP contribution in [0.3, 0.4) is 0 Å². The zero-order chi connectivity index (χ0) is 26.7. The fourth-order valence-electron chi connectivity index (χ4n) is 6.18. The Balaban J connectivity index is 1.37. The zero-order valence-electron chi connectivity index (χ0n) is 21.2. The third-order valence-electron chi connectivity index (χ3n) is 8.05. The van der Waals surface area contributed by atoms with Gasteiger partial charge in [0, 0.05) is 36.4 Å². The molecule has 1 saturated carbocycles. The molecule has 1 amide bonds. The second-order valence-electron chi connectivity index (χ2n) is 10.4. The molecule has 0 N–H and O–H groups in total. The summed E-state index contributed by atoms with van der Waals surface area (Å²) in [6.45, 7) is 1.60. The number of benzene rings is 3. The largest absolute Gasteiger partial charge is 0.416 e. The van der Waals surface area contributed by atoms with Crippen LogP contribution in [0.2, 0.25) is 0 Å². The van der Waals surface area contributed by atoms with Crippen LogP contribution < -0.4 is 4.90 Å². The number of amides is 1. The van der Waals surface area contributed by atoms with Gasteiger partial charge < -0.3 is 4.90 Å². The molecule has 3 aromatic rings. The molecule has 1 aliphatic heterocycles. The molecule has 0 bridgehead atoms. The second-order valence-corrected chi connectivity index (χ2v) is 10.4. The number of carbonyl (C=O) groups is 1. The average molecular weight is 525 g/mol. The van der Waals surface area contributed by atoms with E-state index in [1.165, 1.54) is 54.8 Å². The molecule has 0 radical (unpaired) electrons. The van der Waals surface area contributed by atoms with Gasteiger partial charge in [0.2, 0.25) is 0 Å². The van der Waals surface area contributed by atoms with Crippen molar-refractivity contribution in [2.24, 2.45) is 0 Å². The van der Waals surface area contributed by atoms with Crippen molar-refractivity contribution in [3.05, 3.63) is 101 Å². The maximum absolute atomic E-state index is 13.7. The van der Waals surface area contributed by atoms with Crippen LogP contribution >= 0.6 is 0 Å². The normalized spacial score (nSPS) is 21.3. The fraction of sp³-hybridized carbons (Fsp3) is 0.387. The number of alkyl halides is 3. The van der Waals surface area contributed by atoms with Crippen LogP contribution in [-0.4, -0.2) is 36.0 Å². The highest BCUT2D eigenvalue weighted by molar-refractivity contribution is 6.06. The highest BCUT2D eigenvalue weighted by atomic mass is 19.4. The van der Waals surface area contributed by atoms with E-state index in [2.05, 4.69) is 29.2 Å². The summed E-state index contributed by atoms with van der Waals surface area (Å²) in [5, 5.41) is 0. The number of hydrogen-bond acceptors (Lipinski definition) is 2. The molecule has 0 unspecified atom stereocenters. The molecule has 2 aliphatic rings. The van der Waals surface area contributed by atoms with Crippen LogP contribution in [0.15, 0.2) is 78.9 Å². The number of halogens is 4. The Hall–Kier alpha value is -3.19. The molecular formula is C31H32F4N2O. The van der Waals surface area contributed by atoms with Crippen LogP contribution in [0.25, 0.3) is 0 Å². The van der Waals surface area contributed by atoms with E-state index in [4.69, 9.17) is 0 Å². The van der Waals surface area contributed by atoms with Crippen molar-refractivity contribution >= 4 is 11.6 Å². The summed E-state index contributed by atoms with van der Waals surface area (Å²) >= 11 is 0. The van der Waals surface area contributed by atoms with Crippen molar-refractivity contribution in [1.82, 2.24) is 4.90 Å². The first-order chi connectivity index (χ1) is 18.3. The Morgan fingerprint density at radius 1 is 0.816 bits per heavy atom. The number of anilines is 1. The molecule has 1 saturated heterocycles. The van der Waals surface area contributed by atoms with Crippen molar-refractivity contribution in [3.8, 4) is 0 Å². The third kappa shape index (κ3) is 5.78. The lowest BCUT2D eigenvalue weighted by Crippen LogP contribution is -2.51. The number of hydrogen-bond donors (Lipinski definition) is 0. The molecule has 1 heterocycles. The maximum Gasteiger partial charge on any atom is 0.416 e. The number of likely N-dealkylation sites (tertiary alicyclic amines) is 1. The Labute approximate surface area is 221 Å². The van der Waals surface area contributed by atoms with E-state index in [9.17, 15) is 22.4 Å². The molecule has 0 spiro atoms. The maximum atomic E-state index is 13.7. The van der Waals surface area contributed by atoms with Gasteiger partial charge in [0.25, 0.3) is 5.91 Å². The van der Waals surface area contributed by atoms with Crippen LogP contribution in [0.1, 0.15) is 65.9 Å².